The van der Waals surface area contributed by atoms with Gasteiger partial charge in [0.15, 0.2) is 0 Å². The predicted molar refractivity (Wildman–Crippen MR) is 67.5 cm³/mol. The van der Waals surface area contributed by atoms with Crippen LogP contribution >= 0.6 is 11.6 Å². The van der Waals surface area contributed by atoms with Gasteiger partial charge in [0.2, 0.25) is 0 Å². The molecule has 0 atom stereocenters. The molecular weight excluding hydrogens is 240 g/mol. The Morgan fingerprint density at radius 1 is 1.53 bits per heavy atom. The molecule has 0 aliphatic rings. The molecule has 1 aromatic rings. The Morgan fingerprint density at radius 3 is 2.71 bits per heavy atom. The molecule has 4 nitrogen and oxygen atoms in total. The van der Waals surface area contributed by atoms with Crippen LogP contribution in [0.3, 0.4) is 0 Å². The highest BCUT2D eigenvalue weighted by molar-refractivity contribution is 6.29. The van der Waals surface area contributed by atoms with Gasteiger partial charge in [0, 0.05) is 32.1 Å². The highest BCUT2D eigenvalue weighted by Crippen LogP contribution is 2.17. The summed E-state index contributed by atoms with van der Waals surface area (Å²) in [5.74, 6) is -0.370. The number of carbonyl (C=O) groups excluding carboxylic acids is 1. The number of carbonyl (C=O) groups is 1. The topological polar surface area (TPSA) is 42.4 Å². The number of nitrogens with zero attached hydrogens (tertiary/aromatic N) is 2. The van der Waals surface area contributed by atoms with Crippen molar-refractivity contribution in [3.8, 4) is 0 Å². The van der Waals surface area contributed by atoms with Crippen molar-refractivity contribution in [3.63, 3.8) is 0 Å². The zero-order valence-corrected chi connectivity index (χ0v) is 10.9. The van der Waals surface area contributed by atoms with Gasteiger partial charge in [-0.3, -0.25) is 0 Å². The molecule has 0 saturated carbocycles. The molecule has 0 N–H and O–H groups in total. The van der Waals surface area contributed by atoms with E-state index in [0.717, 1.165) is 0 Å². The molecule has 0 spiro atoms. The van der Waals surface area contributed by atoms with Crippen LogP contribution in [0.4, 0.5) is 0 Å². The van der Waals surface area contributed by atoms with Gasteiger partial charge in [-0.1, -0.05) is 11.6 Å². The van der Waals surface area contributed by atoms with Crippen LogP contribution in [0.2, 0.25) is 5.15 Å². The van der Waals surface area contributed by atoms with Crippen LogP contribution in [0.1, 0.15) is 12.5 Å². The van der Waals surface area contributed by atoms with Gasteiger partial charge < -0.3 is 9.64 Å². The Kier molecular flexibility index (Phi) is 4.97. The summed E-state index contributed by atoms with van der Waals surface area (Å²) in [7, 11) is 3.67. The minimum Gasteiger partial charge on any atom is -0.462 e. The summed E-state index contributed by atoms with van der Waals surface area (Å²) in [6.07, 6.45) is 3.25. The number of ether oxygens (including phenoxy) is 1. The van der Waals surface area contributed by atoms with Crippen LogP contribution < -0.4 is 0 Å². The first-order valence-corrected chi connectivity index (χ1v) is 5.59. The first kappa shape index (κ1) is 13.5. The van der Waals surface area contributed by atoms with Gasteiger partial charge in [-0.15, -0.1) is 0 Å². The summed E-state index contributed by atoms with van der Waals surface area (Å²) in [5.41, 5.74) is 1.14. The van der Waals surface area contributed by atoms with E-state index < -0.39 is 0 Å². The van der Waals surface area contributed by atoms with E-state index in [1.165, 1.54) is 0 Å². The second kappa shape index (κ2) is 6.25. The molecule has 1 heterocycles. The summed E-state index contributed by atoms with van der Waals surface area (Å²) in [6.45, 7) is 2.11. The Labute approximate surface area is 106 Å². The maximum atomic E-state index is 11.8. The molecule has 1 rings (SSSR count). The minimum absolute atomic E-state index is 0.338. The molecule has 1 aromatic heterocycles. The molecule has 17 heavy (non-hydrogen) atoms. The van der Waals surface area contributed by atoms with Crippen LogP contribution in [0, 0.1) is 0 Å². The van der Waals surface area contributed by atoms with E-state index in [1.54, 1.807) is 36.4 Å². The van der Waals surface area contributed by atoms with Gasteiger partial charge in [0.05, 0.1) is 12.2 Å². The van der Waals surface area contributed by atoms with E-state index >= 15 is 0 Å². The monoisotopic (exact) mass is 254 g/mol. The second-order valence-electron chi connectivity index (χ2n) is 3.60. The Morgan fingerprint density at radius 2 is 2.24 bits per heavy atom. The highest BCUT2D eigenvalue weighted by atomic mass is 35.5. The molecular formula is C12H15ClN2O2. The van der Waals surface area contributed by atoms with Crippen molar-refractivity contribution in [1.82, 2.24) is 9.88 Å². The van der Waals surface area contributed by atoms with E-state index in [4.69, 9.17) is 16.3 Å². The average Bonchev–Trinajstić information content (AvgIpc) is 2.27. The molecule has 0 unspecified atom stereocenters. The molecule has 0 fully saturated rings. The fraction of sp³-hybridized carbons (Fsp3) is 0.333. The lowest BCUT2D eigenvalue weighted by molar-refractivity contribution is -0.136. The lowest BCUT2D eigenvalue weighted by atomic mass is 10.1. The summed E-state index contributed by atoms with van der Waals surface area (Å²) < 4.78 is 4.99. The van der Waals surface area contributed by atoms with Crippen LogP contribution in [-0.4, -0.2) is 36.6 Å². The van der Waals surface area contributed by atoms with Crippen molar-refractivity contribution >= 4 is 23.1 Å². The Balaban J connectivity index is 3.06. The van der Waals surface area contributed by atoms with Crippen LogP contribution in [-0.2, 0) is 9.53 Å². The van der Waals surface area contributed by atoms with Gasteiger partial charge in [0.25, 0.3) is 0 Å². The van der Waals surface area contributed by atoms with Gasteiger partial charge in [-0.05, 0) is 19.1 Å². The van der Waals surface area contributed by atoms with Gasteiger partial charge in [0.1, 0.15) is 5.15 Å². The van der Waals surface area contributed by atoms with Crippen molar-refractivity contribution in [2.45, 2.75) is 6.92 Å². The van der Waals surface area contributed by atoms with Crippen molar-refractivity contribution in [2.24, 2.45) is 0 Å². The molecule has 0 bridgehead atoms. The first-order chi connectivity index (χ1) is 8.04. The van der Waals surface area contributed by atoms with Crippen molar-refractivity contribution < 1.29 is 9.53 Å². The number of pyridine rings is 1. The Bertz CT molecular complexity index is 413. The number of hydrogen-bond acceptors (Lipinski definition) is 4. The number of esters is 1. The third-order valence-corrected chi connectivity index (χ3v) is 2.14. The molecule has 0 radical (unpaired) electrons. The van der Waals surface area contributed by atoms with Crippen molar-refractivity contribution in [3.05, 3.63) is 35.2 Å². The minimum atomic E-state index is -0.370. The maximum absolute atomic E-state index is 11.8. The number of rotatable bonds is 4. The van der Waals surface area contributed by atoms with Gasteiger partial charge in [-0.25, -0.2) is 9.78 Å². The molecule has 0 amide bonds. The first-order valence-electron chi connectivity index (χ1n) is 5.22. The summed E-state index contributed by atoms with van der Waals surface area (Å²) >= 11 is 5.71. The second-order valence-corrected chi connectivity index (χ2v) is 3.98. The van der Waals surface area contributed by atoms with E-state index in [2.05, 4.69) is 4.98 Å². The molecule has 0 aliphatic heterocycles. The zero-order valence-electron chi connectivity index (χ0n) is 10.1. The standard InChI is InChI=1S/C12H15ClN2O2/c1-4-17-12(16)10(8-15(2)3)9-5-6-11(13)14-7-9/h5-8H,4H2,1-3H3/b10-8-. The zero-order chi connectivity index (χ0) is 12.8. The lowest BCUT2D eigenvalue weighted by Gasteiger charge is -2.11. The largest absolute Gasteiger partial charge is 0.462 e. The van der Waals surface area contributed by atoms with Crippen LogP contribution in [0.25, 0.3) is 5.57 Å². The van der Waals surface area contributed by atoms with Crippen LogP contribution in [0.15, 0.2) is 24.5 Å². The lowest BCUT2D eigenvalue weighted by Crippen LogP contribution is -2.11. The van der Waals surface area contributed by atoms with Gasteiger partial charge >= 0.3 is 5.97 Å². The SMILES string of the molecule is CCOC(=O)/C(=C\N(C)C)c1ccc(Cl)nc1. The van der Waals surface area contributed by atoms with E-state index in [0.29, 0.717) is 22.9 Å². The van der Waals surface area contributed by atoms with Crippen molar-refractivity contribution in [1.29, 1.82) is 0 Å². The quantitative estimate of drug-likeness (QED) is 0.469. The third kappa shape index (κ3) is 4.07. The fourth-order valence-corrected chi connectivity index (χ4v) is 1.36. The van der Waals surface area contributed by atoms with Gasteiger partial charge in [-0.2, -0.15) is 0 Å². The maximum Gasteiger partial charge on any atom is 0.340 e. The summed E-state index contributed by atoms with van der Waals surface area (Å²) in [4.78, 5) is 17.5. The Hall–Kier alpha value is -1.55. The van der Waals surface area contributed by atoms with E-state index in [-0.39, 0.29) is 5.97 Å². The summed E-state index contributed by atoms with van der Waals surface area (Å²) in [5, 5.41) is 0.391. The molecule has 0 aliphatic carbocycles. The normalized spacial score (nSPS) is 11.2. The highest BCUT2D eigenvalue weighted by Gasteiger charge is 2.13. The van der Waals surface area contributed by atoms with Crippen LogP contribution in [0.5, 0.6) is 0 Å². The molecule has 0 aromatic carbocycles. The third-order valence-electron chi connectivity index (χ3n) is 1.92. The molecule has 0 saturated heterocycles. The average molecular weight is 255 g/mol. The van der Waals surface area contributed by atoms with Crippen molar-refractivity contribution in [2.75, 3.05) is 20.7 Å². The smallest absolute Gasteiger partial charge is 0.340 e. The molecule has 5 heteroatoms. The number of hydrogen-bond donors (Lipinski definition) is 0. The number of halogens is 1. The predicted octanol–water partition coefficient (Wildman–Crippen LogP) is 2.20. The molecule has 92 valence electrons. The summed E-state index contributed by atoms with van der Waals surface area (Å²) in [6, 6.07) is 3.38. The fourth-order valence-electron chi connectivity index (χ4n) is 1.25. The van der Waals surface area contributed by atoms with E-state index in [9.17, 15) is 4.79 Å². The number of aromatic nitrogens is 1. The van der Waals surface area contributed by atoms with E-state index in [1.807, 2.05) is 14.1 Å².